The first-order valence-corrected chi connectivity index (χ1v) is 8.01. The summed E-state index contributed by atoms with van der Waals surface area (Å²) in [5.74, 6) is 2.33. The number of aromatic nitrogens is 2. The molecule has 0 bridgehead atoms. The monoisotopic (exact) mass is 331 g/mol. The molecule has 4 rings (SSSR count). The van der Waals surface area contributed by atoms with Gasteiger partial charge in [-0.15, -0.1) is 5.10 Å². The fourth-order valence-corrected chi connectivity index (χ4v) is 3.22. The first-order chi connectivity index (χ1) is 11.1. The van der Waals surface area contributed by atoms with Crippen LogP contribution in [0.3, 0.4) is 0 Å². The van der Waals surface area contributed by atoms with Gasteiger partial charge in [0.15, 0.2) is 17.3 Å². The van der Waals surface area contributed by atoms with Gasteiger partial charge in [-0.3, -0.25) is 0 Å². The summed E-state index contributed by atoms with van der Waals surface area (Å²) in [7, 11) is 4.16. The zero-order chi connectivity index (χ0) is 16.0. The summed E-state index contributed by atoms with van der Waals surface area (Å²) in [4.78, 5) is 6.69. The molecule has 0 amide bonds. The SMILES string of the molecule is CN1CCN(c2nncc3c2N(C)c2ccc(Cl)cc2O3)CC1. The number of likely N-dealkylation sites (N-methyl/N-ethyl adjacent to an activating group) is 1. The van der Waals surface area contributed by atoms with E-state index in [0.717, 1.165) is 49.1 Å². The third-order valence-electron chi connectivity index (χ3n) is 4.41. The van der Waals surface area contributed by atoms with Gasteiger partial charge in [-0.25, -0.2) is 0 Å². The maximum absolute atomic E-state index is 6.08. The van der Waals surface area contributed by atoms with Crippen molar-refractivity contribution in [2.24, 2.45) is 0 Å². The number of hydrogen-bond acceptors (Lipinski definition) is 6. The molecule has 23 heavy (non-hydrogen) atoms. The molecule has 3 heterocycles. The topological polar surface area (TPSA) is 44.7 Å². The van der Waals surface area contributed by atoms with E-state index in [4.69, 9.17) is 16.3 Å². The Morgan fingerprint density at radius 3 is 2.65 bits per heavy atom. The summed E-state index contributed by atoms with van der Waals surface area (Å²) in [6, 6.07) is 5.66. The van der Waals surface area contributed by atoms with Crippen LogP contribution in [0, 0.1) is 0 Å². The number of ether oxygens (including phenoxy) is 1. The summed E-state index contributed by atoms with van der Waals surface area (Å²) in [6.07, 6.45) is 1.66. The molecule has 6 nitrogen and oxygen atoms in total. The van der Waals surface area contributed by atoms with Gasteiger partial charge in [0.05, 0.1) is 11.9 Å². The Morgan fingerprint density at radius 1 is 1.09 bits per heavy atom. The van der Waals surface area contributed by atoms with E-state index < -0.39 is 0 Å². The molecule has 120 valence electrons. The van der Waals surface area contributed by atoms with Crippen LogP contribution in [-0.2, 0) is 0 Å². The summed E-state index contributed by atoms with van der Waals surface area (Å²) in [5, 5.41) is 9.18. The van der Waals surface area contributed by atoms with E-state index in [-0.39, 0.29) is 0 Å². The molecule has 1 aromatic carbocycles. The zero-order valence-electron chi connectivity index (χ0n) is 13.2. The van der Waals surface area contributed by atoms with Crippen LogP contribution >= 0.6 is 11.6 Å². The maximum Gasteiger partial charge on any atom is 0.179 e. The number of halogens is 1. The summed E-state index contributed by atoms with van der Waals surface area (Å²) >= 11 is 6.08. The number of fused-ring (bicyclic) bond motifs is 2. The molecule has 2 aliphatic heterocycles. The molecular formula is C16H18ClN5O. The average Bonchev–Trinajstić information content (AvgIpc) is 2.55. The number of piperazine rings is 1. The van der Waals surface area contributed by atoms with Crippen LogP contribution in [0.1, 0.15) is 0 Å². The van der Waals surface area contributed by atoms with Crippen LogP contribution < -0.4 is 14.5 Å². The van der Waals surface area contributed by atoms with Crippen molar-refractivity contribution in [3.8, 4) is 11.5 Å². The van der Waals surface area contributed by atoms with Crippen molar-refractivity contribution in [2.45, 2.75) is 0 Å². The average molecular weight is 332 g/mol. The number of anilines is 3. The first kappa shape index (κ1) is 14.5. The molecule has 1 saturated heterocycles. The van der Waals surface area contributed by atoms with E-state index in [1.165, 1.54) is 0 Å². The minimum atomic E-state index is 0.655. The minimum Gasteiger partial charge on any atom is -0.451 e. The van der Waals surface area contributed by atoms with E-state index in [0.29, 0.717) is 10.8 Å². The van der Waals surface area contributed by atoms with Crippen molar-refractivity contribution < 1.29 is 4.74 Å². The quantitative estimate of drug-likeness (QED) is 0.800. The van der Waals surface area contributed by atoms with Gasteiger partial charge >= 0.3 is 0 Å². The standard InChI is InChI=1S/C16H18ClN5O/c1-20-5-7-22(8-6-20)16-15-14(10-18-19-16)23-13-9-11(17)3-4-12(13)21(15)2/h3-4,9-10H,5-8H2,1-2H3. The lowest BCUT2D eigenvalue weighted by Gasteiger charge is -2.37. The van der Waals surface area contributed by atoms with Crippen molar-refractivity contribution >= 4 is 28.8 Å². The fraction of sp³-hybridized carbons (Fsp3) is 0.375. The normalized spacial score (nSPS) is 17.5. The van der Waals surface area contributed by atoms with Gasteiger partial charge in [-0.1, -0.05) is 11.6 Å². The van der Waals surface area contributed by atoms with E-state index in [1.54, 1.807) is 6.20 Å². The summed E-state index contributed by atoms with van der Waals surface area (Å²) in [6.45, 7) is 3.90. The molecular weight excluding hydrogens is 314 g/mol. The van der Waals surface area contributed by atoms with E-state index in [9.17, 15) is 0 Å². The molecule has 1 fully saturated rings. The van der Waals surface area contributed by atoms with Crippen LogP contribution in [-0.4, -0.2) is 55.4 Å². The lowest BCUT2D eigenvalue weighted by molar-refractivity contribution is 0.311. The van der Waals surface area contributed by atoms with Gasteiger partial charge in [0.1, 0.15) is 5.69 Å². The molecule has 0 aliphatic carbocycles. The highest BCUT2D eigenvalue weighted by Crippen LogP contribution is 2.49. The Bertz CT molecular complexity index is 745. The van der Waals surface area contributed by atoms with Crippen molar-refractivity contribution in [3.05, 3.63) is 29.4 Å². The molecule has 2 aromatic rings. The molecule has 2 aliphatic rings. The molecule has 0 unspecified atom stereocenters. The van der Waals surface area contributed by atoms with Crippen LogP contribution in [0.5, 0.6) is 11.5 Å². The van der Waals surface area contributed by atoms with Crippen molar-refractivity contribution in [1.29, 1.82) is 0 Å². The molecule has 0 N–H and O–H groups in total. The smallest absolute Gasteiger partial charge is 0.179 e. The third kappa shape index (κ3) is 2.48. The second kappa shape index (κ2) is 5.54. The fourth-order valence-electron chi connectivity index (χ4n) is 3.06. The van der Waals surface area contributed by atoms with E-state index in [1.807, 2.05) is 25.2 Å². The maximum atomic E-state index is 6.08. The van der Waals surface area contributed by atoms with Gasteiger partial charge in [0, 0.05) is 44.3 Å². The second-order valence-corrected chi connectivity index (χ2v) is 6.38. The highest BCUT2D eigenvalue weighted by Gasteiger charge is 2.29. The Balaban J connectivity index is 1.75. The third-order valence-corrected chi connectivity index (χ3v) is 4.65. The summed E-state index contributed by atoms with van der Waals surface area (Å²) in [5.41, 5.74) is 1.93. The molecule has 1 aromatic heterocycles. The predicted molar refractivity (Wildman–Crippen MR) is 91.3 cm³/mol. The van der Waals surface area contributed by atoms with Crippen molar-refractivity contribution in [1.82, 2.24) is 15.1 Å². The Morgan fingerprint density at radius 2 is 1.87 bits per heavy atom. The van der Waals surface area contributed by atoms with Gasteiger partial charge in [-0.05, 0) is 19.2 Å². The molecule has 0 saturated carbocycles. The van der Waals surface area contributed by atoms with E-state index >= 15 is 0 Å². The molecule has 0 radical (unpaired) electrons. The zero-order valence-corrected chi connectivity index (χ0v) is 13.9. The first-order valence-electron chi connectivity index (χ1n) is 7.64. The Labute approximate surface area is 140 Å². The number of benzene rings is 1. The van der Waals surface area contributed by atoms with Crippen LogP contribution in [0.15, 0.2) is 24.4 Å². The molecule has 7 heteroatoms. The van der Waals surface area contributed by atoms with E-state index in [2.05, 4.69) is 31.9 Å². The van der Waals surface area contributed by atoms with Gasteiger partial charge in [-0.2, -0.15) is 5.10 Å². The minimum absolute atomic E-state index is 0.655. The highest BCUT2D eigenvalue weighted by molar-refractivity contribution is 6.30. The molecule has 0 atom stereocenters. The van der Waals surface area contributed by atoms with Gasteiger partial charge in [0.25, 0.3) is 0 Å². The number of rotatable bonds is 1. The predicted octanol–water partition coefficient (Wildman–Crippen LogP) is 2.76. The van der Waals surface area contributed by atoms with Gasteiger partial charge in [0.2, 0.25) is 0 Å². The van der Waals surface area contributed by atoms with Crippen LogP contribution in [0.2, 0.25) is 5.02 Å². The number of hydrogen-bond donors (Lipinski definition) is 0. The van der Waals surface area contributed by atoms with Crippen molar-refractivity contribution in [2.75, 3.05) is 50.1 Å². The van der Waals surface area contributed by atoms with Crippen molar-refractivity contribution in [3.63, 3.8) is 0 Å². The lowest BCUT2D eigenvalue weighted by atomic mass is 10.2. The number of nitrogens with zero attached hydrogens (tertiary/aromatic N) is 5. The Hall–Kier alpha value is -2.05. The largest absolute Gasteiger partial charge is 0.451 e. The highest BCUT2D eigenvalue weighted by atomic mass is 35.5. The van der Waals surface area contributed by atoms with Crippen LogP contribution in [0.25, 0.3) is 0 Å². The van der Waals surface area contributed by atoms with Gasteiger partial charge < -0.3 is 19.4 Å². The Kier molecular flexibility index (Phi) is 3.50. The lowest BCUT2D eigenvalue weighted by Crippen LogP contribution is -2.45. The second-order valence-electron chi connectivity index (χ2n) is 5.94. The summed E-state index contributed by atoms with van der Waals surface area (Å²) < 4.78 is 6.02. The van der Waals surface area contributed by atoms with Crippen LogP contribution in [0.4, 0.5) is 17.2 Å². The molecule has 0 spiro atoms.